The van der Waals surface area contributed by atoms with Crippen molar-refractivity contribution in [3.05, 3.63) is 0 Å². The average molecular weight is 149 g/mol. The van der Waals surface area contributed by atoms with Gasteiger partial charge in [-0.2, -0.15) is 0 Å². The zero-order chi connectivity index (χ0) is 7.49. The summed E-state index contributed by atoms with van der Waals surface area (Å²) >= 11 is 6.24. The maximum absolute atomic E-state index is 6.24. The number of halogens is 1. The standard InChI is InChI=1S/C8H17Cl/c1-5-8(9,6-2)7(3)4/h7H,5-6H2,1-4H3. The van der Waals surface area contributed by atoms with Gasteiger partial charge in [0.15, 0.2) is 0 Å². The summed E-state index contributed by atoms with van der Waals surface area (Å²) in [5, 5.41) is 0. The Kier molecular flexibility index (Phi) is 3.57. The number of hydrogen-bond donors (Lipinski definition) is 0. The van der Waals surface area contributed by atoms with Crippen molar-refractivity contribution in [1.29, 1.82) is 0 Å². The molecule has 0 aromatic heterocycles. The van der Waals surface area contributed by atoms with Gasteiger partial charge in [-0.15, -0.1) is 11.6 Å². The predicted molar refractivity (Wildman–Crippen MR) is 44.0 cm³/mol. The molecule has 0 nitrogen and oxygen atoms in total. The fourth-order valence-corrected chi connectivity index (χ4v) is 1.07. The monoisotopic (exact) mass is 148 g/mol. The van der Waals surface area contributed by atoms with E-state index in [-0.39, 0.29) is 4.87 Å². The molecule has 0 aliphatic rings. The maximum Gasteiger partial charge on any atom is 0.0464 e. The van der Waals surface area contributed by atoms with Crippen molar-refractivity contribution in [3.63, 3.8) is 0 Å². The van der Waals surface area contributed by atoms with Crippen LogP contribution in [0.2, 0.25) is 0 Å². The third-order valence-corrected chi connectivity index (χ3v) is 3.18. The van der Waals surface area contributed by atoms with Gasteiger partial charge < -0.3 is 0 Å². The molecule has 0 spiro atoms. The van der Waals surface area contributed by atoms with Crippen molar-refractivity contribution in [2.75, 3.05) is 0 Å². The van der Waals surface area contributed by atoms with Crippen molar-refractivity contribution in [1.82, 2.24) is 0 Å². The third kappa shape index (κ3) is 2.17. The minimum Gasteiger partial charge on any atom is -0.119 e. The van der Waals surface area contributed by atoms with Crippen molar-refractivity contribution in [2.24, 2.45) is 5.92 Å². The fraction of sp³-hybridized carbons (Fsp3) is 1.00. The summed E-state index contributed by atoms with van der Waals surface area (Å²) in [6, 6.07) is 0. The van der Waals surface area contributed by atoms with Gasteiger partial charge in [0.1, 0.15) is 0 Å². The molecule has 0 amide bonds. The summed E-state index contributed by atoms with van der Waals surface area (Å²) in [5.41, 5.74) is 0. The van der Waals surface area contributed by atoms with Crippen LogP contribution in [-0.2, 0) is 0 Å². The van der Waals surface area contributed by atoms with E-state index in [0.717, 1.165) is 12.8 Å². The summed E-state index contributed by atoms with van der Waals surface area (Å²) in [5.74, 6) is 0.592. The van der Waals surface area contributed by atoms with Crippen LogP contribution in [0.1, 0.15) is 40.5 Å². The quantitative estimate of drug-likeness (QED) is 0.538. The Bertz CT molecular complexity index is 72.6. The van der Waals surface area contributed by atoms with Crippen LogP contribution >= 0.6 is 11.6 Å². The number of alkyl halides is 1. The first kappa shape index (κ1) is 9.29. The van der Waals surface area contributed by atoms with Crippen molar-refractivity contribution in [2.45, 2.75) is 45.4 Å². The highest BCUT2D eigenvalue weighted by molar-refractivity contribution is 6.24. The first-order valence-electron chi connectivity index (χ1n) is 3.75. The van der Waals surface area contributed by atoms with Crippen molar-refractivity contribution < 1.29 is 0 Å². The summed E-state index contributed by atoms with van der Waals surface area (Å²) in [6.07, 6.45) is 2.14. The molecule has 0 N–H and O–H groups in total. The fourth-order valence-electron chi connectivity index (χ4n) is 1.07. The smallest absolute Gasteiger partial charge is 0.0464 e. The highest BCUT2D eigenvalue weighted by Crippen LogP contribution is 2.31. The normalized spacial score (nSPS) is 12.7. The van der Waals surface area contributed by atoms with E-state index in [9.17, 15) is 0 Å². The second-order valence-corrected chi connectivity index (χ2v) is 3.65. The van der Waals surface area contributed by atoms with Crippen molar-refractivity contribution >= 4 is 11.6 Å². The second kappa shape index (κ2) is 3.46. The Morgan fingerprint density at radius 3 is 1.56 bits per heavy atom. The molecule has 0 saturated carbocycles. The van der Waals surface area contributed by atoms with Gasteiger partial charge in [-0.05, 0) is 18.8 Å². The van der Waals surface area contributed by atoms with Gasteiger partial charge in [-0.25, -0.2) is 0 Å². The lowest BCUT2D eigenvalue weighted by molar-refractivity contribution is 0.399. The number of rotatable bonds is 3. The third-order valence-electron chi connectivity index (χ3n) is 2.21. The van der Waals surface area contributed by atoms with Gasteiger partial charge >= 0.3 is 0 Å². The van der Waals surface area contributed by atoms with E-state index in [1.165, 1.54) is 0 Å². The van der Waals surface area contributed by atoms with Gasteiger partial charge in [0.05, 0.1) is 0 Å². The van der Waals surface area contributed by atoms with Crippen LogP contribution in [0.3, 0.4) is 0 Å². The molecule has 1 heteroatoms. The van der Waals surface area contributed by atoms with E-state index < -0.39 is 0 Å². The Hall–Kier alpha value is 0.290. The Morgan fingerprint density at radius 2 is 1.56 bits per heavy atom. The summed E-state index contributed by atoms with van der Waals surface area (Å²) < 4.78 is 0. The molecule has 0 aliphatic carbocycles. The molecular weight excluding hydrogens is 132 g/mol. The molecule has 56 valence electrons. The van der Waals surface area contributed by atoms with E-state index in [1.807, 2.05) is 0 Å². The van der Waals surface area contributed by atoms with Crippen LogP contribution in [0.25, 0.3) is 0 Å². The van der Waals surface area contributed by atoms with Gasteiger partial charge in [-0.3, -0.25) is 0 Å². The lowest BCUT2D eigenvalue weighted by atomic mass is 9.90. The van der Waals surface area contributed by atoms with E-state index in [1.54, 1.807) is 0 Å². The van der Waals surface area contributed by atoms with E-state index in [0.29, 0.717) is 5.92 Å². The van der Waals surface area contributed by atoms with E-state index in [2.05, 4.69) is 27.7 Å². The largest absolute Gasteiger partial charge is 0.119 e. The van der Waals surface area contributed by atoms with E-state index in [4.69, 9.17) is 11.6 Å². The summed E-state index contributed by atoms with van der Waals surface area (Å²) in [4.78, 5) is 0.0556. The average Bonchev–Trinajstić information content (AvgIpc) is 1.86. The first-order chi connectivity index (χ1) is 4.06. The summed E-state index contributed by atoms with van der Waals surface area (Å²) in [6.45, 7) is 8.66. The molecule has 0 heterocycles. The molecule has 0 radical (unpaired) electrons. The van der Waals surface area contributed by atoms with Crippen LogP contribution in [0.5, 0.6) is 0 Å². The molecule has 0 atom stereocenters. The van der Waals surface area contributed by atoms with Crippen LogP contribution in [0, 0.1) is 5.92 Å². The number of hydrogen-bond acceptors (Lipinski definition) is 0. The summed E-state index contributed by atoms with van der Waals surface area (Å²) in [7, 11) is 0. The molecule has 0 rings (SSSR count). The van der Waals surface area contributed by atoms with Crippen molar-refractivity contribution in [3.8, 4) is 0 Å². The second-order valence-electron chi connectivity index (χ2n) is 2.90. The van der Waals surface area contributed by atoms with Gasteiger partial charge in [0.25, 0.3) is 0 Å². The minimum atomic E-state index is 0.0556. The SMILES string of the molecule is CCC(Cl)(CC)C(C)C. The Labute approximate surface area is 63.6 Å². The lowest BCUT2D eigenvalue weighted by Crippen LogP contribution is -2.25. The highest BCUT2D eigenvalue weighted by atomic mass is 35.5. The van der Waals surface area contributed by atoms with Crippen LogP contribution in [-0.4, -0.2) is 4.87 Å². The molecule has 0 aromatic carbocycles. The molecule has 0 unspecified atom stereocenters. The van der Waals surface area contributed by atoms with Gasteiger partial charge in [0, 0.05) is 4.87 Å². The van der Waals surface area contributed by atoms with Gasteiger partial charge in [-0.1, -0.05) is 27.7 Å². The minimum absolute atomic E-state index is 0.0556. The van der Waals surface area contributed by atoms with Crippen LogP contribution in [0.15, 0.2) is 0 Å². The lowest BCUT2D eigenvalue weighted by Gasteiger charge is -2.28. The molecular formula is C8H17Cl. The molecule has 0 saturated heterocycles. The molecule has 0 fully saturated rings. The zero-order valence-electron chi connectivity index (χ0n) is 6.87. The predicted octanol–water partition coefficient (Wildman–Crippen LogP) is 3.44. The molecule has 0 aliphatic heterocycles. The van der Waals surface area contributed by atoms with E-state index >= 15 is 0 Å². The van der Waals surface area contributed by atoms with Crippen LogP contribution in [0.4, 0.5) is 0 Å². The highest BCUT2D eigenvalue weighted by Gasteiger charge is 2.26. The zero-order valence-corrected chi connectivity index (χ0v) is 7.63. The molecule has 0 bridgehead atoms. The molecule has 9 heavy (non-hydrogen) atoms. The first-order valence-corrected chi connectivity index (χ1v) is 4.13. The topological polar surface area (TPSA) is 0 Å². The Balaban J connectivity index is 3.92. The Morgan fingerprint density at radius 1 is 1.22 bits per heavy atom. The van der Waals surface area contributed by atoms with Gasteiger partial charge in [0.2, 0.25) is 0 Å². The maximum atomic E-state index is 6.24. The van der Waals surface area contributed by atoms with Crippen LogP contribution < -0.4 is 0 Å². The molecule has 0 aromatic rings.